The number of hydrogen-bond acceptors (Lipinski definition) is 3. The summed E-state index contributed by atoms with van der Waals surface area (Å²) < 4.78 is 5.18. The fourth-order valence-electron chi connectivity index (χ4n) is 1.92. The molecule has 0 radical (unpaired) electrons. The standard InChI is InChI=1S/C16H13ClO4/c1-21-15-5-3-2-4-12(15)13(16(19)20)9-10-8-11(17)6-7-14(10)18/h2-9,18H,1H3,(H,19,20)/b13-9-. The van der Waals surface area contributed by atoms with Crippen LogP contribution in [0.4, 0.5) is 0 Å². The highest BCUT2D eigenvalue weighted by Crippen LogP contribution is 2.30. The molecule has 0 heterocycles. The number of methoxy groups -OCH3 is 1. The molecule has 4 nitrogen and oxygen atoms in total. The molecule has 2 aromatic rings. The Hall–Kier alpha value is -2.46. The van der Waals surface area contributed by atoms with Gasteiger partial charge in [0.25, 0.3) is 0 Å². The monoisotopic (exact) mass is 304 g/mol. The molecule has 0 unspecified atom stereocenters. The quantitative estimate of drug-likeness (QED) is 0.668. The number of carboxylic acids is 1. The van der Waals surface area contributed by atoms with Crippen molar-refractivity contribution in [1.29, 1.82) is 0 Å². The van der Waals surface area contributed by atoms with E-state index in [1.807, 2.05) is 0 Å². The summed E-state index contributed by atoms with van der Waals surface area (Å²) in [7, 11) is 1.47. The molecule has 0 aromatic heterocycles. The van der Waals surface area contributed by atoms with Gasteiger partial charge in [0.2, 0.25) is 0 Å². The zero-order valence-corrected chi connectivity index (χ0v) is 12.0. The number of ether oxygens (including phenoxy) is 1. The third-order valence-corrected chi connectivity index (χ3v) is 3.15. The Balaban J connectivity index is 2.61. The van der Waals surface area contributed by atoms with E-state index in [1.165, 1.54) is 31.4 Å². The second kappa shape index (κ2) is 6.33. The summed E-state index contributed by atoms with van der Waals surface area (Å²) in [5, 5.41) is 19.6. The fourth-order valence-corrected chi connectivity index (χ4v) is 2.10. The van der Waals surface area contributed by atoms with Crippen molar-refractivity contribution in [2.24, 2.45) is 0 Å². The van der Waals surface area contributed by atoms with Gasteiger partial charge >= 0.3 is 5.97 Å². The Morgan fingerprint density at radius 2 is 1.95 bits per heavy atom. The lowest BCUT2D eigenvalue weighted by atomic mass is 10.0. The molecule has 0 bridgehead atoms. The van der Waals surface area contributed by atoms with E-state index in [1.54, 1.807) is 24.3 Å². The summed E-state index contributed by atoms with van der Waals surface area (Å²) in [5.74, 6) is -0.736. The highest BCUT2D eigenvalue weighted by atomic mass is 35.5. The number of benzene rings is 2. The Bertz CT molecular complexity index is 707. The van der Waals surface area contributed by atoms with Crippen molar-refractivity contribution < 1.29 is 19.7 Å². The van der Waals surface area contributed by atoms with Crippen LogP contribution >= 0.6 is 11.6 Å². The van der Waals surface area contributed by atoms with Gasteiger partial charge in [-0.1, -0.05) is 29.8 Å². The van der Waals surface area contributed by atoms with Gasteiger partial charge in [-0.05, 0) is 30.3 Å². The maximum absolute atomic E-state index is 11.5. The highest BCUT2D eigenvalue weighted by molar-refractivity contribution is 6.31. The number of carbonyl (C=O) groups is 1. The number of halogens is 1. The van der Waals surface area contributed by atoms with Crippen molar-refractivity contribution in [2.45, 2.75) is 0 Å². The average molecular weight is 305 g/mol. The molecule has 0 aliphatic rings. The predicted octanol–water partition coefficient (Wildman–Crippen LogP) is 3.68. The fraction of sp³-hybridized carbons (Fsp3) is 0.0625. The van der Waals surface area contributed by atoms with Gasteiger partial charge in [0.15, 0.2) is 0 Å². The molecule has 5 heteroatoms. The summed E-state index contributed by atoms with van der Waals surface area (Å²) in [4.78, 5) is 11.5. The van der Waals surface area contributed by atoms with Crippen molar-refractivity contribution in [3.8, 4) is 11.5 Å². The molecular formula is C16H13ClO4. The van der Waals surface area contributed by atoms with E-state index in [-0.39, 0.29) is 11.3 Å². The summed E-state index contributed by atoms with van der Waals surface area (Å²) >= 11 is 5.87. The molecule has 2 rings (SSSR count). The minimum absolute atomic E-state index is 0.00465. The van der Waals surface area contributed by atoms with Crippen molar-refractivity contribution in [1.82, 2.24) is 0 Å². The van der Waals surface area contributed by atoms with E-state index in [2.05, 4.69) is 0 Å². The molecule has 0 saturated carbocycles. The van der Waals surface area contributed by atoms with Gasteiger partial charge in [0.05, 0.1) is 12.7 Å². The van der Waals surface area contributed by atoms with Crippen molar-refractivity contribution in [2.75, 3.05) is 7.11 Å². The largest absolute Gasteiger partial charge is 0.507 e. The summed E-state index contributed by atoms with van der Waals surface area (Å²) in [5.41, 5.74) is 0.752. The van der Waals surface area contributed by atoms with Crippen molar-refractivity contribution >= 4 is 29.2 Å². The molecule has 2 aromatic carbocycles. The minimum Gasteiger partial charge on any atom is -0.507 e. The Labute approximate surface area is 126 Å². The molecule has 0 aliphatic carbocycles. The summed E-state index contributed by atoms with van der Waals surface area (Å²) in [6, 6.07) is 11.2. The van der Waals surface area contributed by atoms with Crippen LogP contribution in [0.15, 0.2) is 42.5 Å². The third kappa shape index (κ3) is 3.35. The van der Waals surface area contributed by atoms with Gasteiger partial charge in [-0.25, -0.2) is 4.79 Å². The minimum atomic E-state index is -1.13. The normalized spacial score (nSPS) is 11.2. The van der Waals surface area contributed by atoms with E-state index in [0.717, 1.165) is 0 Å². The zero-order valence-electron chi connectivity index (χ0n) is 11.2. The van der Waals surface area contributed by atoms with Crippen LogP contribution in [0, 0.1) is 0 Å². The third-order valence-electron chi connectivity index (χ3n) is 2.92. The maximum Gasteiger partial charge on any atom is 0.336 e. The number of hydrogen-bond donors (Lipinski definition) is 2. The van der Waals surface area contributed by atoms with Crippen molar-refractivity contribution in [3.63, 3.8) is 0 Å². The average Bonchev–Trinajstić information content (AvgIpc) is 2.47. The Kier molecular flexibility index (Phi) is 4.50. The number of rotatable bonds is 4. The molecular weight excluding hydrogens is 292 g/mol. The zero-order chi connectivity index (χ0) is 15.4. The smallest absolute Gasteiger partial charge is 0.336 e. The number of phenolic OH excluding ortho intramolecular Hbond substituents is 1. The highest BCUT2D eigenvalue weighted by Gasteiger charge is 2.16. The van der Waals surface area contributed by atoms with Crippen LogP contribution in [0.3, 0.4) is 0 Å². The van der Waals surface area contributed by atoms with E-state index >= 15 is 0 Å². The van der Waals surface area contributed by atoms with E-state index in [4.69, 9.17) is 16.3 Å². The van der Waals surface area contributed by atoms with Gasteiger partial charge < -0.3 is 14.9 Å². The first-order chi connectivity index (χ1) is 10.0. The van der Waals surface area contributed by atoms with Crippen LogP contribution in [0.1, 0.15) is 11.1 Å². The van der Waals surface area contributed by atoms with Gasteiger partial charge in [0, 0.05) is 16.1 Å². The molecule has 108 valence electrons. The van der Waals surface area contributed by atoms with E-state index in [0.29, 0.717) is 21.9 Å². The first kappa shape index (κ1) is 14.9. The Morgan fingerprint density at radius 1 is 1.24 bits per heavy atom. The van der Waals surface area contributed by atoms with Crippen LogP contribution < -0.4 is 4.74 Å². The topological polar surface area (TPSA) is 66.8 Å². The van der Waals surface area contributed by atoms with Gasteiger partial charge in [0.1, 0.15) is 11.5 Å². The number of para-hydroxylation sites is 1. The predicted molar refractivity (Wildman–Crippen MR) is 81.6 cm³/mol. The molecule has 0 fully saturated rings. The number of carboxylic acid groups (broad SMARTS) is 1. The lowest BCUT2D eigenvalue weighted by molar-refractivity contribution is -0.130. The summed E-state index contributed by atoms with van der Waals surface area (Å²) in [6.45, 7) is 0. The van der Waals surface area contributed by atoms with Crippen LogP contribution in [-0.4, -0.2) is 23.3 Å². The molecule has 0 spiro atoms. The molecule has 0 atom stereocenters. The first-order valence-electron chi connectivity index (χ1n) is 6.10. The van der Waals surface area contributed by atoms with Gasteiger partial charge in [-0.15, -0.1) is 0 Å². The maximum atomic E-state index is 11.5. The second-order valence-corrected chi connectivity index (χ2v) is 4.70. The number of aliphatic carboxylic acids is 1. The van der Waals surface area contributed by atoms with E-state index < -0.39 is 5.97 Å². The Morgan fingerprint density at radius 3 is 2.62 bits per heavy atom. The summed E-state index contributed by atoms with van der Waals surface area (Å²) in [6.07, 6.45) is 1.36. The van der Waals surface area contributed by atoms with Crippen molar-refractivity contribution in [3.05, 3.63) is 58.6 Å². The van der Waals surface area contributed by atoms with Crippen LogP contribution in [0.5, 0.6) is 11.5 Å². The lowest BCUT2D eigenvalue weighted by Gasteiger charge is -2.09. The van der Waals surface area contributed by atoms with Crippen LogP contribution in [-0.2, 0) is 4.79 Å². The molecule has 0 aliphatic heterocycles. The second-order valence-electron chi connectivity index (χ2n) is 4.27. The number of phenols is 1. The molecule has 2 N–H and O–H groups in total. The molecule has 0 amide bonds. The lowest BCUT2D eigenvalue weighted by Crippen LogP contribution is -2.01. The number of aromatic hydroxyl groups is 1. The van der Waals surface area contributed by atoms with Crippen LogP contribution in [0.2, 0.25) is 5.02 Å². The SMILES string of the molecule is COc1ccccc1/C(=C/c1cc(Cl)ccc1O)C(=O)O. The van der Waals surface area contributed by atoms with Gasteiger partial charge in [-0.2, -0.15) is 0 Å². The van der Waals surface area contributed by atoms with Crippen LogP contribution in [0.25, 0.3) is 11.6 Å². The first-order valence-corrected chi connectivity index (χ1v) is 6.47. The molecule has 0 saturated heterocycles. The molecule has 21 heavy (non-hydrogen) atoms. The van der Waals surface area contributed by atoms with E-state index in [9.17, 15) is 15.0 Å². The van der Waals surface area contributed by atoms with Gasteiger partial charge in [-0.3, -0.25) is 0 Å².